The Hall–Kier alpha value is -3.30. The Kier molecular flexibility index (Phi) is 11.4. The SMILES string of the molecule is CC[C@H](C)NC(=O)[C@H](CC)N(Cc1ccc(C)cc1)C(=O)CN(c1ccc(C)cc1)S(=O)(=O)c1ccc(SC)cc1. The molecule has 220 valence electrons. The molecule has 0 aliphatic rings. The summed E-state index contributed by atoms with van der Waals surface area (Å²) in [6.07, 6.45) is 3.06. The topological polar surface area (TPSA) is 86.8 Å². The molecule has 0 heterocycles. The molecule has 0 aromatic heterocycles. The summed E-state index contributed by atoms with van der Waals surface area (Å²) in [5.41, 5.74) is 3.29. The molecule has 9 heteroatoms. The van der Waals surface area contributed by atoms with Crippen LogP contribution >= 0.6 is 11.8 Å². The minimum atomic E-state index is -4.10. The van der Waals surface area contributed by atoms with Crippen molar-refractivity contribution in [1.82, 2.24) is 10.2 Å². The summed E-state index contributed by atoms with van der Waals surface area (Å²) in [6.45, 7) is 9.39. The van der Waals surface area contributed by atoms with Gasteiger partial charge >= 0.3 is 0 Å². The molecule has 41 heavy (non-hydrogen) atoms. The molecular formula is C32H41N3O4S2. The maximum atomic E-state index is 14.1. The van der Waals surface area contributed by atoms with Crippen LogP contribution in [0.15, 0.2) is 82.6 Å². The highest BCUT2D eigenvalue weighted by Gasteiger charge is 2.34. The van der Waals surface area contributed by atoms with Gasteiger partial charge in [-0.15, -0.1) is 11.8 Å². The first-order chi connectivity index (χ1) is 19.5. The van der Waals surface area contributed by atoms with Crippen LogP contribution in [0.5, 0.6) is 0 Å². The van der Waals surface area contributed by atoms with Gasteiger partial charge in [0.15, 0.2) is 0 Å². The van der Waals surface area contributed by atoms with Crippen molar-refractivity contribution in [1.29, 1.82) is 0 Å². The third-order valence-electron chi connectivity index (χ3n) is 7.11. The number of anilines is 1. The van der Waals surface area contributed by atoms with Crippen LogP contribution in [0.2, 0.25) is 0 Å². The van der Waals surface area contributed by atoms with Crippen molar-refractivity contribution in [2.75, 3.05) is 17.1 Å². The lowest BCUT2D eigenvalue weighted by molar-refractivity contribution is -0.140. The number of carbonyl (C=O) groups is 2. The number of carbonyl (C=O) groups excluding carboxylic acids is 2. The number of hydrogen-bond donors (Lipinski definition) is 1. The fraction of sp³-hybridized carbons (Fsp3) is 0.375. The molecule has 0 bridgehead atoms. The summed E-state index contributed by atoms with van der Waals surface area (Å²) in [6, 6.07) is 20.6. The number of aryl methyl sites for hydroxylation is 2. The minimum Gasteiger partial charge on any atom is -0.352 e. The lowest BCUT2D eigenvalue weighted by atomic mass is 10.1. The minimum absolute atomic E-state index is 0.0541. The molecule has 2 atom stereocenters. The van der Waals surface area contributed by atoms with Crippen molar-refractivity contribution >= 4 is 39.3 Å². The molecule has 3 rings (SSSR count). The van der Waals surface area contributed by atoms with Gasteiger partial charge in [0.1, 0.15) is 12.6 Å². The molecule has 0 radical (unpaired) electrons. The van der Waals surface area contributed by atoms with Gasteiger partial charge in [-0.1, -0.05) is 61.4 Å². The van der Waals surface area contributed by atoms with Gasteiger partial charge in [-0.25, -0.2) is 8.42 Å². The maximum Gasteiger partial charge on any atom is 0.264 e. The summed E-state index contributed by atoms with van der Waals surface area (Å²) in [5.74, 6) is -0.707. The average Bonchev–Trinajstić information content (AvgIpc) is 2.97. The summed E-state index contributed by atoms with van der Waals surface area (Å²) >= 11 is 1.52. The van der Waals surface area contributed by atoms with Crippen molar-refractivity contribution in [3.05, 3.63) is 89.5 Å². The number of nitrogens with zero attached hydrogens (tertiary/aromatic N) is 2. The van der Waals surface area contributed by atoms with Gasteiger partial charge in [0.2, 0.25) is 11.8 Å². The second kappa shape index (κ2) is 14.5. The maximum absolute atomic E-state index is 14.1. The van der Waals surface area contributed by atoms with E-state index in [4.69, 9.17) is 0 Å². The molecule has 0 aliphatic heterocycles. The molecule has 2 amide bonds. The van der Waals surface area contributed by atoms with Crippen LogP contribution in [0, 0.1) is 13.8 Å². The predicted molar refractivity (Wildman–Crippen MR) is 168 cm³/mol. The van der Waals surface area contributed by atoms with Gasteiger partial charge in [0, 0.05) is 17.5 Å². The molecule has 0 fully saturated rings. The van der Waals surface area contributed by atoms with Crippen molar-refractivity contribution in [2.24, 2.45) is 0 Å². The van der Waals surface area contributed by atoms with E-state index in [2.05, 4.69) is 5.32 Å². The first kappa shape index (κ1) is 32.2. The van der Waals surface area contributed by atoms with Crippen LogP contribution in [-0.2, 0) is 26.2 Å². The van der Waals surface area contributed by atoms with Gasteiger partial charge < -0.3 is 10.2 Å². The Morgan fingerprint density at radius 3 is 1.93 bits per heavy atom. The number of rotatable bonds is 13. The Labute approximate surface area is 249 Å². The van der Waals surface area contributed by atoms with E-state index in [1.165, 1.54) is 16.7 Å². The van der Waals surface area contributed by atoms with Crippen LogP contribution in [-0.4, -0.2) is 50.0 Å². The van der Waals surface area contributed by atoms with Gasteiger partial charge in [-0.2, -0.15) is 0 Å². The molecule has 0 saturated carbocycles. The molecule has 3 aromatic carbocycles. The van der Waals surface area contributed by atoms with Crippen molar-refractivity contribution in [3.63, 3.8) is 0 Å². The molecular weight excluding hydrogens is 555 g/mol. The van der Waals surface area contributed by atoms with Crippen LogP contribution in [0.4, 0.5) is 5.69 Å². The third-order valence-corrected chi connectivity index (χ3v) is 9.64. The highest BCUT2D eigenvalue weighted by molar-refractivity contribution is 7.98. The van der Waals surface area contributed by atoms with Crippen molar-refractivity contribution in [3.8, 4) is 0 Å². The van der Waals surface area contributed by atoms with E-state index >= 15 is 0 Å². The molecule has 0 saturated heterocycles. The van der Waals surface area contributed by atoms with E-state index in [1.807, 2.05) is 77.3 Å². The summed E-state index contributed by atoms with van der Waals surface area (Å²) in [5, 5.41) is 3.00. The van der Waals surface area contributed by atoms with Gasteiger partial charge in [-0.05, 0) is 81.8 Å². The lowest BCUT2D eigenvalue weighted by Gasteiger charge is -2.33. The normalized spacial score (nSPS) is 12.8. The van der Waals surface area contributed by atoms with Crippen LogP contribution in [0.25, 0.3) is 0 Å². The fourth-order valence-corrected chi connectivity index (χ4v) is 6.19. The number of hydrogen-bond acceptors (Lipinski definition) is 5. The van der Waals surface area contributed by atoms with Gasteiger partial charge in [-0.3, -0.25) is 13.9 Å². The number of amides is 2. The quantitative estimate of drug-likeness (QED) is 0.247. The fourth-order valence-electron chi connectivity index (χ4n) is 4.37. The van der Waals surface area contributed by atoms with E-state index in [9.17, 15) is 18.0 Å². The zero-order valence-electron chi connectivity index (χ0n) is 24.8. The lowest BCUT2D eigenvalue weighted by Crippen LogP contribution is -2.53. The monoisotopic (exact) mass is 595 g/mol. The van der Waals surface area contributed by atoms with E-state index in [-0.39, 0.29) is 23.4 Å². The summed E-state index contributed by atoms with van der Waals surface area (Å²) in [4.78, 5) is 30.0. The van der Waals surface area contributed by atoms with Crippen LogP contribution in [0.3, 0.4) is 0 Å². The standard InChI is InChI=1S/C32H41N3O4S2/c1-7-25(5)33-32(37)30(8-2)34(21-26-13-9-23(3)10-14-26)31(36)22-35(27-15-11-24(4)12-16-27)41(38,39)29-19-17-28(40-6)18-20-29/h9-20,25,30H,7-8,21-22H2,1-6H3,(H,33,37)/t25-,30-/m0/s1. The van der Waals surface area contributed by atoms with E-state index in [0.29, 0.717) is 12.1 Å². The Bertz CT molecular complexity index is 1410. The highest BCUT2D eigenvalue weighted by atomic mass is 32.2. The zero-order chi connectivity index (χ0) is 30.2. The number of thioether (sulfide) groups is 1. The third kappa shape index (κ3) is 8.36. The summed E-state index contributed by atoms with van der Waals surface area (Å²) in [7, 11) is -4.10. The largest absolute Gasteiger partial charge is 0.352 e. The highest BCUT2D eigenvalue weighted by Crippen LogP contribution is 2.27. The molecule has 1 N–H and O–H groups in total. The molecule has 0 aliphatic carbocycles. The first-order valence-electron chi connectivity index (χ1n) is 13.9. The van der Waals surface area contributed by atoms with E-state index < -0.39 is 28.5 Å². The molecule has 0 unspecified atom stereocenters. The predicted octanol–water partition coefficient (Wildman–Crippen LogP) is 5.94. The van der Waals surface area contributed by atoms with E-state index in [1.54, 1.807) is 36.4 Å². The Morgan fingerprint density at radius 1 is 0.854 bits per heavy atom. The number of nitrogens with one attached hydrogen (secondary N) is 1. The second-order valence-corrected chi connectivity index (χ2v) is 13.0. The first-order valence-corrected chi connectivity index (χ1v) is 16.5. The van der Waals surface area contributed by atoms with Crippen LogP contribution < -0.4 is 9.62 Å². The molecule has 3 aromatic rings. The number of benzene rings is 3. The summed E-state index contributed by atoms with van der Waals surface area (Å²) < 4.78 is 29.1. The average molecular weight is 596 g/mol. The van der Waals surface area contributed by atoms with Crippen molar-refractivity contribution < 1.29 is 18.0 Å². The van der Waals surface area contributed by atoms with Gasteiger partial charge in [0.25, 0.3) is 10.0 Å². The second-order valence-electron chi connectivity index (χ2n) is 10.3. The van der Waals surface area contributed by atoms with Crippen molar-refractivity contribution in [2.45, 2.75) is 75.9 Å². The molecule has 7 nitrogen and oxygen atoms in total. The van der Waals surface area contributed by atoms with Gasteiger partial charge in [0.05, 0.1) is 10.6 Å². The van der Waals surface area contributed by atoms with E-state index in [0.717, 1.165) is 32.3 Å². The molecule has 0 spiro atoms. The van der Waals surface area contributed by atoms with Crippen LogP contribution in [0.1, 0.15) is 50.3 Å². The Balaban J connectivity index is 2.05. The number of sulfonamides is 1. The zero-order valence-corrected chi connectivity index (χ0v) is 26.4. The smallest absolute Gasteiger partial charge is 0.264 e. The Morgan fingerprint density at radius 2 is 1.41 bits per heavy atom.